The first kappa shape index (κ1) is 28.0. The predicted octanol–water partition coefficient (Wildman–Crippen LogP) is 6.27. The molecule has 2 amide bonds. The van der Waals surface area contributed by atoms with Crippen LogP contribution in [0.5, 0.6) is 0 Å². The molecule has 3 N–H and O–H groups in total. The van der Waals surface area contributed by atoms with Gasteiger partial charge in [-0.3, -0.25) is 0 Å². The molecule has 40 heavy (non-hydrogen) atoms. The van der Waals surface area contributed by atoms with Gasteiger partial charge in [-0.15, -0.1) is 0 Å². The lowest BCUT2D eigenvalue weighted by Gasteiger charge is -2.31. The summed E-state index contributed by atoms with van der Waals surface area (Å²) >= 11 is 0. The van der Waals surface area contributed by atoms with Crippen LogP contribution in [-0.4, -0.2) is 56.3 Å². The van der Waals surface area contributed by atoms with Crippen LogP contribution in [0, 0.1) is 5.82 Å². The van der Waals surface area contributed by atoms with Crippen molar-refractivity contribution >= 4 is 28.1 Å². The van der Waals surface area contributed by atoms with Crippen LogP contribution in [-0.2, 0) is 4.74 Å². The number of nitrogens with zero attached hydrogens (tertiary/aromatic N) is 4. The number of unbranched alkanes of at least 4 members (excludes halogenated alkanes) is 4. The topological polar surface area (TPSA) is 110 Å². The van der Waals surface area contributed by atoms with E-state index in [1.807, 2.05) is 12.3 Å². The average molecular weight is 550 g/mol. The molecule has 2 atom stereocenters. The normalized spacial score (nSPS) is 17.4. The second kappa shape index (κ2) is 13.7. The predicted molar refractivity (Wildman–Crippen MR) is 155 cm³/mol. The van der Waals surface area contributed by atoms with Crippen LogP contribution < -0.4 is 10.6 Å². The van der Waals surface area contributed by atoms with Gasteiger partial charge < -0.3 is 24.9 Å². The van der Waals surface area contributed by atoms with E-state index in [-0.39, 0.29) is 18.1 Å². The molecule has 1 unspecified atom stereocenters. The molecule has 214 valence electrons. The number of rotatable bonds is 13. The Balaban J connectivity index is 1.13. The standard InChI is InChI=1S/C30H40FN7O2/c1-2-3-6-14-40-15-7-4-5-12-32-30(39)36-23-9-8-10-24(17-23)38-13-11-21-18-33-28(37-29(21)38)26-20-35-27-25(26)16-22(31)19-34-27/h11,13,16,18-20,23-24H,2-10,12,14-15,17H2,1H3,(H,34,35)(H2,32,36,39)/t23-,24?/m1/s1. The van der Waals surface area contributed by atoms with Crippen LogP contribution in [0.2, 0.25) is 0 Å². The minimum atomic E-state index is -0.398. The van der Waals surface area contributed by atoms with Gasteiger partial charge in [0.1, 0.15) is 17.1 Å². The first-order valence-corrected chi connectivity index (χ1v) is 14.7. The summed E-state index contributed by atoms with van der Waals surface area (Å²) in [7, 11) is 0. The van der Waals surface area contributed by atoms with E-state index in [1.54, 1.807) is 6.20 Å². The smallest absolute Gasteiger partial charge is 0.315 e. The Bertz CT molecular complexity index is 1400. The van der Waals surface area contributed by atoms with Gasteiger partial charge in [0.15, 0.2) is 5.82 Å². The zero-order valence-electron chi connectivity index (χ0n) is 23.3. The highest BCUT2D eigenvalue weighted by Crippen LogP contribution is 2.33. The van der Waals surface area contributed by atoms with E-state index in [0.717, 1.165) is 81.2 Å². The van der Waals surface area contributed by atoms with Gasteiger partial charge in [0.2, 0.25) is 0 Å². The number of carbonyl (C=O) groups is 1. The molecular formula is C30H40FN7O2. The molecule has 0 radical (unpaired) electrons. The largest absolute Gasteiger partial charge is 0.381 e. The van der Waals surface area contributed by atoms with Gasteiger partial charge in [0.05, 0.1) is 6.20 Å². The number of halogens is 1. The van der Waals surface area contributed by atoms with Crippen molar-refractivity contribution in [2.75, 3.05) is 19.8 Å². The van der Waals surface area contributed by atoms with E-state index < -0.39 is 5.82 Å². The van der Waals surface area contributed by atoms with Crippen molar-refractivity contribution in [2.24, 2.45) is 0 Å². The molecule has 0 aromatic carbocycles. The van der Waals surface area contributed by atoms with Crippen molar-refractivity contribution in [3.63, 3.8) is 0 Å². The number of pyridine rings is 1. The van der Waals surface area contributed by atoms with E-state index in [0.29, 0.717) is 23.4 Å². The Labute approximate surface area is 234 Å². The van der Waals surface area contributed by atoms with Gasteiger partial charge in [-0.1, -0.05) is 19.8 Å². The maximum absolute atomic E-state index is 13.9. The quantitative estimate of drug-likeness (QED) is 0.170. The van der Waals surface area contributed by atoms with Crippen molar-refractivity contribution in [3.05, 3.63) is 42.7 Å². The molecule has 1 aliphatic carbocycles. The van der Waals surface area contributed by atoms with E-state index >= 15 is 0 Å². The Morgan fingerprint density at radius 2 is 2.02 bits per heavy atom. The number of ether oxygens (including phenoxy) is 1. The molecule has 1 aliphatic rings. The molecule has 4 aromatic heterocycles. The Kier molecular flexibility index (Phi) is 9.59. The summed E-state index contributed by atoms with van der Waals surface area (Å²) in [4.78, 5) is 29.2. The van der Waals surface area contributed by atoms with E-state index in [4.69, 9.17) is 9.72 Å². The number of urea groups is 1. The van der Waals surface area contributed by atoms with Gasteiger partial charge >= 0.3 is 6.03 Å². The molecule has 0 saturated heterocycles. The SMILES string of the molecule is CCCCCOCCCCCNC(=O)N[C@@H]1CCCC(n2ccc3cnc(-c4c[nH]c5ncc(F)cc45)nc32)C1. The number of H-pyrrole nitrogens is 1. The highest BCUT2D eigenvalue weighted by Gasteiger charge is 2.26. The van der Waals surface area contributed by atoms with Gasteiger partial charge in [0.25, 0.3) is 0 Å². The molecule has 0 spiro atoms. The van der Waals surface area contributed by atoms with Gasteiger partial charge in [-0.05, 0) is 63.5 Å². The summed E-state index contributed by atoms with van der Waals surface area (Å²) in [5.74, 6) is 0.129. The van der Waals surface area contributed by atoms with E-state index in [2.05, 4.69) is 43.3 Å². The van der Waals surface area contributed by atoms with Crippen molar-refractivity contribution in [3.8, 4) is 11.4 Å². The van der Waals surface area contributed by atoms with Crippen molar-refractivity contribution < 1.29 is 13.9 Å². The highest BCUT2D eigenvalue weighted by molar-refractivity contribution is 5.92. The van der Waals surface area contributed by atoms with E-state index in [9.17, 15) is 9.18 Å². The van der Waals surface area contributed by atoms with Gasteiger partial charge in [0, 0.05) is 66.8 Å². The number of nitrogens with one attached hydrogen (secondary N) is 3. The van der Waals surface area contributed by atoms with Crippen LogP contribution in [0.4, 0.5) is 9.18 Å². The van der Waals surface area contributed by atoms with Gasteiger partial charge in [-0.25, -0.2) is 24.1 Å². The molecule has 0 aliphatic heterocycles. The van der Waals surface area contributed by atoms with Crippen LogP contribution in [0.1, 0.15) is 77.2 Å². The van der Waals surface area contributed by atoms with Crippen LogP contribution >= 0.6 is 0 Å². The second-order valence-electron chi connectivity index (χ2n) is 10.7. The fourth-order valence-corrected chi connectivity index (χ4v) is 5.57. The zero-order chi connectivity index (χ0) is 27.7. The Morgan fingerprint density at radius 3 is 2.90 bits per heavy atom. The molecule has 9 nitrogen and oxygen atoms in total. The summed E-state index contributed by atoms with van der Waals surface area (Å²) in [5, 5.41) is 7.80. The maximum atomic E-state index is 13.9. The molecule has 1 saturated carbocycles. The molecule has 10 heteroatoms. The van der Waals surface area contributed by atoms with Crippen molar-refractivity contribution in [1.82, 2.24) is 35.1 Å². The number of amides is 2. The number of hydrogen-bond donors (Lipinski definition) is 3. The lowest BCUT2D eigenvalue weighted by Crippen LogP contribution is -2.44. The van der Waals surface area contributed by atoms with Gasteiger partial charge in [-0.2, -0.15) is 0 Å². The zero-order valence-corrected chi connectivity index (χ0v) is 23.3. The third-order valence-corrected chi connectivity index (χ3v) is 7.71. The lowest BCUT2D eigenvalue weighted by atomic mass is 9.91. The maximum Gasteiger partial charge on any atom is 0.315 e. The van der Waals surface area contributed by atoms with E-state index in [1.165, 1.54) is 25.1 Å². The Morgan fingerprint density at radius 1 is 1.15 bits per heavy atom. The number of aromatic amines is 1. The molecule has 4 aromatic rings. The average Bonchev–Trinajstić information content (AvgIpc) is 3.58. The van der Waals surface area contributed by atoms with Crippen LogP contribution in [0.3, 0.4) is 0 Å². The van der Waals surface area contributed by atoms with Crippen molar-refractivity contribution in [1.29, 1.82) is 0 Å². The molecule has 1 fully saturated rings. The molecular weight excluding hydrogens is 509 g/mol. The monoisotopic (exact) mass is 549 g/mol. The minimum Gasteiger partial charge on any atom is -0.381 e. The molecule has 4 heterocycles. The minimum absolute atomic E-state index is 0.0939. The number of aromatic nitrogens is 5. The summed E-state index contributed by atoms with van der Waals surface area (Å²) in [5.41, 5.74) is 2.16. The van der Waals surface area contributed by atoms with Crippen LogP contribution in [0.15, 0.2) is 36.9 Å². The van der Waals surface area contributed by atoms with Crippen molar-refractivity contribution in [2.45, 2.75) is 83.2 Å². The summed E-state index contributed by atoms with van der Waals surface area (Å²) < 4.78 is 21.7. The number of carbonyl (C=O) groups excluding carboxylic acids is 1. The molecule has 5 rings (SSSR count). The highest BCUT2D eigenvalue weighted by atomic mass is 19.1. The number of hydrogen-bond acceptors (Lipinski definition) is 5. The molecule has 0 bridgehead atoms. The Hall–Kier alpha value is -3.53. The third kappa shape index (κ3) is 6.96. The first-order valence-electron chi connectivity index (χ1n) is 14.7. The second-order valence-corrected chi connectivity index (χ2v) is 10.7. The first-order chi connectivity index (χ1) is 19.6. The summed E-state index contributed by atoms with van der Waals surface area (Å²) in [6, 6.07) is 3.71. The number of fused-ring (bicyclic) bond motifs is 2. The van der Waals surface area contributed by atoms with Crippen LogP contribution in [0.25, 0.3) is 33.5 Å². The summed E-state index contributed by atoms with van der Waals surface area (Å²) in [6.45, 7) is 4.53. The lowest BCUT2D eigenvalue weighted by molar-refractivity contribution is 0.126. The summed E-state index contributed by atoms with van der Waals surface area (Å²) in [6.07, 6.45) is 17.3. The third-order valence-electron chi connectivity index (χ3n) is 7.71. The fourth-order valence-electron chi connectivity index (χ4n) is 5.57. The fraction of sp³-hybridized carbons (Fsp3) is 0.533.